The highest BCUT2D eigenvalue weighted by atomic mass is 35.5. The highest BCUT2D eigenvalue weighted by molar-refractivity contribution is 7.11. The number of thiazole rings is 1. The number of carbonyl (C=O) groups excluding carboxylic acids is 1. The number of halogens is 1. The van der Waals surface area contributed by atoms with Gasteiger partial charge >= 0.3 is 0 Å². The molecular weight excluding hydrogens is 296 g/mol. The van der Waals surface area contributed by atoms with E-state index in [4.69, 9.17) is 17.3 Å². The first-order chi connectivity index (χ1) is 9.51. The van der Waals surface area contributed by atoms with Crippen molar-refractivity contribution in [1.29, 1.82) is 0 Å². The number of nitrogen functional groups attached to an aromatic ring is 1. The van der Waals surface area contributed by atoms with Gasteiger partial charge in [0.1, 0.15) is 10.2 Å². The van der Waals surface area contributed by atoms with E-state index in [1.54, 1.807) is 11.3 Å². The number of nitrogens with zero attached hydrogens (tertiary/aromatic N) is 2. The molecule has 0 saturated heterocycles. The van der Waals surface area contributed by atoms with Crippen LogP contribution in [0.5, 0.6) is 0 Å². The van der Waals surface area contributed by atoms with E-state index in [2.05, 4.69) is 22.2 Å². The largest absolute Gasteiger partial charge is 0.397 e. The van der Waals surface area contributed by atoms with E-state index in [0.29, 0.717) is 11.3 Å². The third-order valence-electron chi connectivity index (χ3n) is 2.78. The van der Waals surface area contributed by atoms with Crippen molar-refractivity contribution in [2.24, 2.45) is 0 Å². The summed E-state index contributed by atoms with van der Waals surface area (Å²) < 4.78 is 0. The number of aromatic nitrogens is 2. The van der Waals surface area contributed by atoms with Gasteiger partial charge in [-0.15, -0.1) is 11.3 Å². The molecule has 2 aromatic rings. The van der Waals surface area contributed by atoms with E-state index < -0.39 is 0 Å². The molecule has 0 saturated carbocycles. The van der Waals surface area contributed by atoms with Gasteiger partial charge in [-0.1, -0.05) is 18.5 Å². The molecule has 0 aliphatic rings. The third kappa shape index (κ3) is 3.26. The molecule has 7 heteroatoms. The fourth-order valence-corrected chi connectivity index (χ4v) is 2.68. The molecule has 1 atom stereocenters. The Labute approximate surface area is 126 Å². The Morgan fingerprint density at radius 3 is 2.90 bits per heavy atom. The number of carbonyl (C=O) groups is 1. The SMILES string of the molecule is CCc1cnc(C(C)NC(=O)c2cc(Cl)ncc2N)s1. The Hall–Kier alpha value is -1.66. The first-order valence-corrected chi connectivity index (χ1v) is 7.37. The molecule has 0 aliphatic carbocycles. The number of aryl methyl sites for hydroxylation is 1. The first-order valence-electron chi connectivity index (χ1n) is 6.17. The van der Waals surface area contributed by atoms with Gasteiger partial charge in [-0.25, -0.2) is 9.97 Å². The van der Waals surface area contributed by atoms with Gasteiger partial charge in [-0.05, 0) is 19.4 Å². The van der Waals surface area contributed by atoms with E-state index in [1.165, 1.54) is 17.1 Å². The summed E-state index contributed by atoms with van der Waals surface area (Å²) in [5, 5.41) is 3.97. The predicted octanol–water partition coefficient (Wildman–Crippen LogP) is 2.83. The lowest BCUT2D eigenvalue weighted by Crippen LogP contribution is -2.27. The summed E-state index contributed by atoms with van der Waals surface area (Å²) in [6, 6.07) is 1.28. The predicted molar refractivity (Wildman–Crippen MR) is 81.0 cm³/mol. The van der Waals surface area contributed by atoms with E-state index in [-0.39, 0.29) is 17.1 Å². The number of nitrogens with one attached hydrogen (secondary N) is 1. The van der Waals surface area contributed by atoms with Crippen LogP contribution >= 0.6 is 22.9 Å². The molecule has 20 heavy (non-hydrogen) atoms. The van der Waals surface area contributed by atoms with Crippen LogP contribution < -0.4 is 11.1 Å². The van der Waals surface area contributed by atoms with Gasteiger partial charge in [0.25, 0.3) is 5.91 Å². The first kappa shape index (κ1) is 14.7. The minimum atomic E-state index is -0.285. The van der Waals surface area contributed by atoms with Crippen molar-refractivity contribution < 1.29 is 4.79 Å². The second-order valence-corrected chi connectivity index (χ2v) is 5.84. The van der Waals surface area contributed by atoms with Crippen molar-refractivity contribution in [1.82, 2.24) is 15.3 Å². The maximum absolute atomic E-state index is 12.2. The monoisotopic (exact) mass is 310 g/mol. The number of hydrogen-bond acceptors (Lipinski definition) is 5. The number of anilines is 1. The Kier molecular flexibility index (Phi) is 4.57. The quantitative estimate of drug-likeness (QED) is 0.851. The second-order valence-electron chi connectivity index (χ2n) is 4.31. The van der Waals surface area contributed by atoms with E-state index in [1.807, 2.05) is 13.1 Å². The molecule has 0 radical (unpaired) electrons. The minimum absolute atomic E-state index is 0.181. The second kappa shape index (κ2) is 6.19. The lowest BCUT2D eigenvalue weighted by molar-refractivity contribution is 0.0940. The van der Waals surface area contributed by atoms with Crippen LogP contribution in [0.4, 0.5) is 5.69 Å². The Morgan fingerprint density at radius 2 is 2.25 bits per heavy atom. The number of rotatable bonds is 4. The molecule has 0 fully saturated rings. The van der Waals surface area contributed by atoms with Gasteiger partial charge in [-0.2, -0.15) is 0 Å². The lowest BCUT2D eigenvalue weighted by Gasteiger charge is -2.12. The van der Waals surface area contributed by atoms with Crippen molar-refractivity contribution in [2.45, 2.75) is 26.3 Å². The Balaban J connectivity index is 2.12. The Bertz CT molecular complexity index is 629. The van der Waals surface area contributed by atoms with Crippen molar-refractivity contribution in [3.05, 3.63) is 39.1 Å². The van der Waals surface area contributed by atoms with Crippen LogP contribution in [0.15, 0.2) is 18.5 Å². The average molecular weight is 311 g/mol. The summed E-state index contributed by atoms with van der Waals surface area (Å²) >= 11 is 7.37. The zero-order chi connectivity index (χ0) is 14.7. The van der Waals surface area contributed by atoms with Crippen LogP contribution in [-0.4, -0.2) is 15.9 Å². The van der Waals surface area contributed by atoms with E-state index >= 15 is 0 Å². The standard InChI is InChI=1S/C13H15ClN4OS/c1-3-8-5-17-13(20-8)7(2)18-12(19)9-4-11(14)16-6-10(9)15/h4-7H,3,15H2,1-2H3,(H,18,19). The summed E-state index contributed by atoms with van der Waals surface area (Å²) in [7, 11) is 0. The molecule has 1 amide bonds. The molecule has 0 spiro atoms. The van der Waals surface area contributed by atoms with Crippen LogP contribution in [0.1, 0.15) is 40.1 Å². The number of nitrogens with two attached hydrogens (primary N) is 1. The van der Waals surface area contributed by atoms with Crippen LogP contribution in [0.3, 0.4) is 0 Å². The van der Waals surface area contributed by atoms with Crippen molar-refractivity contribution in [3.63, 3.8) is 0 Å². The topological polar surface area (TPSA) is 80.9 Å². The number of pyridine rings is 1. The highest BCUT2D eigenvalue weighted by Gasteiger charge is 2.16. The average Bonchev–Trinajstić information content (AvgIpc) is 2.90. The van der Waals surface area contributed by atoms with Gasteiger partial charge in [0.15, 0.2) is 0 Å². The molecule has 0 bridgehead atoms. The third-order valence-corrected chi connectivity index (χ3v) is 4.32. The van der Waals surface area contributed by atoms with Gasteiger partial charge < -0.3 is 11.1 Å². The fraction of sp³-hybridized carbons (Fsp3) is 0.308. The molecule has 1 unspecified atom stereocenters. The fourth-order valence-electron chi connectivity index (χ4n) is 1.66. The molecule has 106 valence electrons. The van der Waals surface area contributed by atoms with Crippen LogP contribution in [0.25, 0.3) is 0 Å². The van der Waals surface area contributed by atoms with Crippen molar-refractivity contribution >= 4 is 34.5 Å². The van der Waals surface area contributed by atoms with E-state index in [9.17, 15) is 4.79 Å². The zero-order valence-electron chi connectivity index (χ0n) is 11.2. The van der Waals surface area contributed by atoms with Crippen LogP contribution in [0.2, 0.25) is 5.15 Å². The summed E-state index contributed by atoms with van der Waals surface area (Å²) in [5.74, 6) is -0.285. The van der Waals surface area contributed by atoms with Crippen molar-refractivity contribution in [2.75, 3.05) is 5.73 Å². The number of amides is 1. The smallest absolute Gasteiger partial charge is 0.254 e. The summed E-state index contributed by atoms with van der Waals surface area (Å²) in [6.45, 7) is 3.95. The minimum Gasteiger partial charge on any atom is -0.397 e. The molecule has 3 N–H and O–H groups in total. The summed E-state index contributed by atoms with van der Waals surface area (Å²) in [6.07, 6.45) is 4.14. The van der Waals surface area contributed by atoms with Crippen LogP contribution in [-0.2, 0) is 6.42 Å². The molecule has 0 aromatic carbocycles. The molecule has 2 heterocycles. The molecule has 0 aliphatic heterocycles. The molecular formula is C13H15ClN4OS. The summed E-state index contributed by atoms with van der Waals surface area (Å²) in [4.78, 5) is 21.5. The maximum Gasteiger partial charge on any atom is 0.254 e. The maximum atomic E-state index is 12.2. The van der Waals surface area contributed by atoms with Gasteiger partial charge in [0.2, 0.25) is 0 Å². The highest BCUT2D eigenvalue weighted by Crippen LogP contribution is 2.21. The summed E-state index contributed by atoms with van der Waals surface area (Å²) in [5.41, 5.74) is 6.36. The molecule has 2 rings (SSSR count). The Morgan fingerprint density at radius 1 is 1.50 bits per heavy atom. The van der Waals surface area contributed by atoms with Gasteiger partial charge in [0.05, 0.1) is 23.5 Å². The number of hydrogen-bond donors (Lipinski definition) is 2. The van der Waals surface area contributed by atoms with Crippen molar-refractivity contribution in [3.8, 4) is 0 Å². The van der Waals surface area contributed by atoms with Gasteiger partial charge in [0, 0.05) is 11.1 Å². The van der Waals surface area contributed by atoms with Gasteiger partial charge in [-0.3, -0.25) is 4.79 Å². The lowest BCUT2D eigenvalue weighted by atomic mass is 10.2. The molecule has 2 aromatic heterocycles. The van der Waals surface area contributed by atoms with Crippen LogP contribution in [0, 0.1) is 0 Å². The van der Waals surface area contributed by atoms with E-state index in [0.717, 1.165) is 11.4 Å². The zero-order valence-corrected chi connectivity index (χ0v) is 12.8. The normalized spacial score (nSPS) is 12.2. The molecule has 5 nitrogen and oxygen atoms in total.